The van der Waals surface area contributed by atoms with Crippen molar-refractivity contribution in [3.05, 3.63) is 0 Å². The fourth-order valence-corrected chi connectivity index (χ4v) is 2.45. The molecule has 0 aromatic carbocycles. The maximum atomic E-state index is 12.1. The number of fused-ring (bicyclic) bond motifs is 2. The van der Waals surface area contributed by atoms with Crippen LogP contribution in [0.1, 0.15) is 32.6 Å². The van der Waals surface area contributed by atoms with Crippen molar-refractivity contribution in [3.8, 4) is 0 Å². The highest BCUT2D eigenvalue weighted by atomic mass is 16.7. The number of hydrogen-bond acceptors (Lipinski definition) is 4. The first-order valence-corrected chi connectivity index (χ1v) is 6.35. The average Bonchev–Trinajstić information content (AvgIpc) is 2.63. The maximum absolute atomic E-state index is 12.1. The first-order chi connectivity index (χ1) is 8.69. The predicted molar refractivity (Wildman–Crippen MR) is 61.5 cm³/mol. The Morgan fingerprint density at radius 1 is 1.56 bits per heavy atom. The van der Waals surface area contributed by atoms with Gasteiger partial charge in [-0.05, 0) is 19.3 Å². The van der Waals surface area contributed by atoms with Crippen molar-refractivity contribution in [2.75, 3.05) is 13.2 Å². The highest BCUT2D eigenvalue weighted by molar-refractivity contribution is 5.87. The van der Waals surface area contributed by atoms with Gasteiger partial charge in [0.1, 0.15) is 6.04 Å². The van der Waals surface area contributed by atoms with E-state index in [1.165, 1.54) is 9.96 Å². The van der Waals surface area contributed by atoms with E-state index >= 15 is 0 Å². The van der Waals surface area contributed by atoms with Crippen LogP contribution in [0.3, 0.4) is 0 Å². The number of hydroxylamine groups is 3. The summed E-state index contributed by atoms with van der Waals surface area (Å²) in [5, 5.41) is 10.0. The van der Waals surface area contributed by atoms with Gasteiger partial charge in [0.05, 0.1) is 12.6 Å². The fourth-order valence-electron chi connectivity index (χ4n) is 2.45. The molecule has 0 saturated carbocycles. The van der Waals surface area contributed by atoms with E-state index in [4.69, 9.17) is 10.0 Å². The minimum atomic E-state index is -0.585. The lowest BCUT2D eigenvalue weighted by atomic mass is 10.0. The van der Waals surface area contributed by atoms with Crippen molar-refractivity contribution in [3.63, 3.8) is 0 Å². The molecule has 0 radical (unpaired) electrons. The molecule has 2 aliphatic rings. The molecule has 0 aliphatic carbocycles. The second kappa shape index (κ2) is 5.53. The molecule has 2 N–H and O–H groups in total. The Morgan fingerprint density at radius 2 is 2.33 bits per heavy atom. The molecule has 2 rings (SSSR count). The molecule has 102 valence electrons. The van der Waals surface area contributed by atoms with Crippen LogP contribution < -0.4 is 5.48 Å². The van der Waals surface area contributed by atoms with Crippen LogP contribution in [0.2, 0.25) is 0 Å². The number of amides is 3. The first-order valence-electron chi connectivity index (χ1n) is 6.35. The number of carbonyl (C=O) groups excluding carboxylic acids is 2. The van der Waals surface area contributed by atoms with Crippen LogP contribution in [0.15, 0.2) is 0 Å². The molecular weight excluding hydrogens is 238 g/mol. The minimum absolute atomic E-state index is 0.0251. The van der Waals surface area contributed by atoms with E-state index in [0.29, 0.717) is 26.0 Å². The van der Waals surface area contributed by atoms with Crippen LogP contribution in [0.4, 0.5) is 4.79 Å². The van der Waals surface area contributed by atoms with Gasteiger partial charge in [0.15, 0.2) is 0 Å². The van der Waals surface area contributed by atoms with E-state index < -0.39 is 11.9 Å². The molecule has 2 fully saturated rings. The van der Waals surface area contributed by atoms with Crippen LogP contribution >= 0.6 is 0 Å². The number of carbonyl (C=O) groups is 2. The highest BCUT2D eigenvalue weighted by Crippen LogP contribution is 2.30. The molecular formula is C11H19N3O4. The van der Waals surface area contributed by atoms with Gasteiger partial charge >= 0.3 is 6.03 Å². The topological polar surface area (TPSA) is 82.1 Å². The zero-order valence-electron chi connectivity index (χ0n) is 10.5. The predicted octanol–water partition coefficient (Wildman–Crippen LogP) is 0.492. The van der Waals surface area contributed by atoms with Crippen molar-refractivity contribution in [2.45, 2.75) is 44.7 Å². The minimum Gasteiger partial charge on any atom is -0.309 e. The smallest absolute Gasteiger partial charge is 0.309 e. The number of nitrogens with zero attached hydrogens (tertiary/aromatic N) is 2. The van der Waals surface area contributed by atoms with Gasteiger partial charge in [0.2, 0.25) is 0 Å². The van der Waals surface area contributed by atoms with Crippen LogP contribution in [0.5, 0.6) is 0 Å². The van der Waals surface area contributed by atoms with Gasteiger partial charge in [0, 0.05) is 6.54 Å². The van der Waals surface area contributed by atoms with E-state index in [-0.39, 0.29) is 12.1 Å². The van der Waals surface area contributed by atoms with Crippen molar-refractivity contribution < 1.29 is 19.6 Å². The van der Waals surface area contributed by atoms with Gasteiger partial charge in [0.25, 0.3) is 5.91 Å². The quantitative estimate of drug-likeness (QED) is 0.426. The summed E-state index contributed by atoms with van der Waals surface area (Å²) in [6, 6.07) is -0.835. The van der Waals surface area contributed by atoms with Crippen LogP contribution in [-0.2, 0) is 9.63 Å². The van der Waals surface area contributed by atoms with Crippen molar-refractivity contribution in [1.82, 2.24) is 15.4 Å². The molecule has 2 aliphatic heterocycles. The summed E-state index contributed by atoms with van der Waals surface area (Å²) in [5.41, 5.74) is 1.61. The summed E-state index contributed by atoms with van der Waals surface area (Å²) in [5.74, 6) is -0.530. The molecule has 3 amide bonds. The first kappa shape index (κ1) is 13.1. The van der Waals surface area contributed by atoms with E-state index in [2.05, 4.69) is 6.92 Å². The number of unbranched alkanes of at least 4 members (excludes halogenated alkanes) is 1. The molecule has 2 bridgehead atoms. The fraction of sp³-hybridized carbons (Fsp3) is 0.818. The lowest BCUT2D eigenvalue weighted by molar-refractivity contribution is -0.134. The highest BCUT2D eigenvalue weighted by Gasteiger charge is 2.47. The third-order valence-corrected chi connectivity index (χ3v) is 3.46. The van der Waals surface area contributed by atoms with Gasteiger partial charge in [-0.1, -0.05) is 13.3 Å². The Hall–Kier alpha value is -1.34. The maximum Gasteiger partial charge on any atom is 0.345 e. The molecule has 7 heteroatoms. The van der Waals surface area contributed by atoms with Crippen molar-refractivity contribution in [2.24, 2.45) is 0 Å². The summed E-state index contributed by atoms with van der Waals surface area (Å²) in [7, 11) is 0. The van der Waals surface area contributed by atoms with E-state index in [1.807, 2.05) is 0 Å². The molecule has 0 spiro atoms. The average molecular weight is 257 g/mol. The third-order valence-electron chi connectivity index (χ3n) is 3.46. The van der Waals surface area contributed by atoms with E-state index in [0.717, 1.165) is 12.8 Å². The molecule has 2 saturated heterocycles. The summed E-state index contributed by atoms with van der Waals surface area (Å²) in [6.07, 6.45) is 3.17. The van der Waals surface area contributed by atoms with Gasteiger partial charge in [-0.2, -0.15) is 5.06 Å². The van der Waals surface area contributed by atoms with E-state index in [1.54, 1.807) is 5.48 Å². The van der Waals surface area contributed by atoms with Crippen molar-refractivity contribution in [1.29, 1.82) is 0 Å². The lowest BCUT2D eigenvalue weighted by Crippen LogP contribution is -2.49. The molecule has 2 atom stereocenters. The Morgan fingerprint density at radius 3 is 3.00 bits per heavy atom. The zero-order valence-corrected chi connectivity index (χ0v) is 10.5. The molecule has 18 heavy (non-hydrogen) atoms. The van der Waals surface area contributed by atoms with Crippen LogP contribution in [0.25, 0.3) is 0 Å². The Labute approximate surface area is 106 Å². The van der Waals surface area contributed by atoms with Gasteiger partial charge < -0.3 is 4.90 Å². The standard InChI is InChI=1S/C11H19N3O4/c1-2-3-6-18-14-8-4-5-9(10(15)12-17)13(7-8)11(14)16/h8-9,17H,2-7H2,1H3,(H,12,15)/t8-,9-/m0/s1. The molecule has 0 aromatic rings. The second-order valence-corrected chi connectivity index (χ2v) is 4.67. The summed E-state index contributed by atoms with van der Waals surface area (Å²) in [6.45, 7) is 3.06. The normalized spacial score (nSPS) is 26.7. The third kappa shape index (κ3) is 2.28. The van der Waals surface area contributed by atoms with Crippen molar-refractivity contribution >= 4 is 11.9 Å². The Balaban J connectivity index is 1.99. The number of piperidine rings is 1. The second-order valence-electron chi connectivity index (χ2n) is 4.67. The molecule has 7 nitrogen and oxygen atoms in total. The lowest BCUT2D eigenvalue weighted by Gasteiger charge is -2.28. The SMILES string of the molecule is CCCCON1C(=O)N2C[C@@H]1CC[C@H]2C(=O)NO. The molecule has 0 aromatic heterocycles. The number of nitrogens with one attached hydrogen (secondary N) is 1. The van der Waals surface area contributed by atoms with Crippen LogP contribution in [0, 0.1) is 0 Å². The molecule has 2 heterocycles. The number of hydrogen-bond donors (Lipinski definition) is 2. The van der Waals surface area contributed by atoms with E-state index in [9.17, 15) is 9.59 Å². The number of urea groups is 1. The number of rotatable bonds is 5. The Bertz CT molecular complexity index is 336. The van der Waals surface area contributed by atoms with Gasteiger partial charge in [-0.15, -0.1) is 0 Å². The van der Waals surface area contributed by atoms with Gasteiger partial charge in [-0.3, -0.25) is 14.8 Å². The Kier molecular flexibility index (Phi) is 4.03. The monoisotopic (exact) mass is 257 g/mol. The molecule has 0 unspecified atom stereocenters. The van der Waals surface area contributed by atoms with Crippen LogP contribution in [-0.4, -0.2) is 52.3 Å². The summed E-state index contributed by atoms with van der Waals surface area (Å²) < 4.78 is 0. The summed E-state index contributed by atoms with van der Waals surface area (Å²) >= 11 is 0. The van der Waals surface area contributed by atoms with Gasteiger partial charge in [-0.25, -0.2) is 10.3 Å². The zero-order chi connectivity index (χ0) is 13.1. The summed E-state index contributed by atoms with van der Waals surface area (Å²) in [4.78, 5) is 30.5. The largest absolute Gasteiger partial charge is 0.345 e.